The fraction of sp³-hybridized carbons (Fsp3) is 0.704. The number of carbonyl (C=O) groups is 2. The topological polar surface area (TPSA) is 43.9 Å². The zero-order chi connectivity index (χ0) is 22.1. The molecule has 1 aromatic carbocycles. The number of piperidine rings is 1. The van der Waals surface area contributed by atoms with Crippen LogP contribution in [0.3, 0.4) is 0 Å². The van der Waals surface area contributed by atoms with E-state index < -0.39 is 0 Å². The van der Waals surface area contributed by atoms with Crippen LogP contribution in [0.4, 0.5) is 0 Å². The molecule has 0 aromatic heterocycles. The number of hydrogen-bond acceptors (Lipinski definition) is 3. The average Bonchev–Trinajstić information content (AvgIpc) is 3.42. The summed E-state index contributed by atoms with van der Waals surface area (Å²) in [6.45, 7) is 5.40. The molecular formula is C27H39N3O2. The zero-order valence-electron chi connectivity index (χ0n) is 19.7. The van der Waals surface area contributed by atoms with Crippen molar-refractivity contribution in [3.8, 4) is 0 Å². The van der Waals surface area contributed by atoms with Gasteiger partial charge in [0, 0.05) is 52.1 Å². The quantitative estimate of drug-likeness (QED) is 0.720. The van der Waals surface area contributed by atoms with E-state index in [-0.39, 0.29) is 5.41 Å². The molecule has 0 N–H and O–H groups in total. The molecule has 2 aliphatic carbocycles. The smallest absolute Gasteiger partial charge is 0.223 e. The molecule has 3 fully saturated rings. The van der Waals surface area contributed by atoms with Crippen LogP contribution < -0.4 is 0 Å². The molecular weight excluding hydrogens is 398 g/mol. The van der Waals surface area contributed by atoms with Gasteiger partial charge in [0.1, 0.15) is 0 Å². The van der Waals surface area contributed by atoms with Crippen LogP contribution in [0.15, 0.2) is 24.3 Å². The van der Waals surface area contributed by atoms with Crippen molar-refractivity contribution in [1.82, 2.24) is 14.7 Å². The molecule has 5 nitrogen and oxygen atoms in total. The molecule has 2 heterocycles. The van der Waals surface area contributed by atoms with E-state index in [1.807, 2.05) is 0 Å². The zero-order valence-corrected chi connectivity index (χ0v) is 19.7. The maximum absolute atomic E-state index is 13.1. The van der Waals surface area contributed by atoms with Crippen molar-refractivity contribution < 1.29 is 9.59 Å². The predicted molar refractivity (Wildman–Crippen MR) is 127 cm³/mol. The second-order valence-corrected chi connectivity index (χ2v) is 10.9. The summed E-state index contributed by atoms with van der Waals surface area (Å²) in [5.74, 6) is 1.63. The lowest BCUT2D eigenvalue weighted by Crippen LogP contribution is -2.47. The number of amides is 2. The van der Waals surface area contributed by atoms with Gasteiger partial charge in [-0.25, -0.2) is 0 Å². The van der Waals surface area contributed by atoms with E-state index in [0.29, 0.717) is 30.1 Å². The SMILES string of the molecule is CN1CCN(C(=O)C[C@H]2CC3(CCN(C(=O)CC4CCCC4)CC3)c3ccccc32)CC1. The average molecular weight is 438 g/mol. The van der Waals surface area contributed by atoms with Crippen molar-refractivity contribution in [2.24, 2.45) is 5.92 Å². The first-order valence-electron chi connectivity index (χ1n) is 12.9. The van der Waals surface area contributed by atoms with Crippen molar-refractivity contribution in [1.29, 1.82) is 0 Å². The van der Waals surface area contributed by atoms with Gasteiger partial charge in [-0.2, -0.15) is 0 Å². The van der Waals surface area contributed by atoms with E-state index >= 15 is 0 Å². The molecule has 4 aliphatic rings. The van der Waals surface area contributed by atoms with Crippen LogP contribution >= 0.6 is 0 Å². The number of rotatable bonds is 4. The Hall–Kier alpha value is -1.88. The van der Waals surface area contributed by atoms with Gasteiger partial charge in [-0.15, -0.1) is 0 Å². The summed E-state index contributed by atoms with van der Waals surface area (Å²) in [6, 6.07) is 8.84. The number of carbonyl (C=O) groups excluding carboxylic acids is 2. The van der Waals surface area contributed by atoms with Gasteiger partial charge in [0.2, 0.25) is 11.8 Å². The van der Waals surface area contributed by atoms with Gasteiger partial charge in [-0.1, -0.05) is 37.1 Å². The highest BCUT2D eigenvalue weighted by molar-refractivity contribution is 5.78. The van der Waals surface area contributed by atoms with Crippen molar-refractivity contribution in [3.05, 3.63) is 35.4 Å². The molecule has 2 aliphatic heterocycles. The van der Waals surface area contributed by atoms with Gasteiger partial charge in [-0.3, -0.25) is 9.59 Å². The van der Waals surface area contributed by atoms with E-state index in [1.54, 1.807) is 0 Å². The number of likely N-dealkylation sites (tertiary alicyclic amines) is 1. The molecule has 1 spiro atoms. The third-order valence-corrected chi connectivity index (χ3v) is 8.90. The molecule has 0 radical (unpaired) electrons. The third kappa shape index (κ3) is 4.33. The maximum atomic E-state index is 13.1. The first-order chi connectivity index (χ1) is 15.5. The standard InChI is InChI=1S/C27H39N3O2/c1-28-14-16-30(17-15-28)26(32)19-22-20-27(24-9-5-4-8-23(22)24)10-12-29(13-11-27)25(31)18-21-6-2-3-7-21/h4-5,8-9,21-22H,2-3,6-7,10-20H2,1H3/t22-/m0/s1. The summed E-state index contributed by atoms with van der Waals surface area (Å²) in [5.41, 5.74) is 2.99. The van der Waals surface area contributed by atoms with Gasteiger partial charge in [0.05, 0.1) is 0 Å². The van der Waals surface area contributed by atoms with Gasteiger partial charge < -0.3 is 14.7 Å². The summed E-state index contributed by atoms with van der Waals surface area (Å²) in [6.07, 6.45) is 9.60. The van der Waals surface area contributed by atoms with Gasteiger partial charge in [0.15, 0.2) is 0 Å². The lowest BCUT2D eigenvalue weighted by Gasteiger charge is -2.41. The van der Waals surface area contributed by atoms with Crippen molar-refractivity contribution in [2.75, 3.05) is 46.3 Å². The first-order valence-corrected chi connectivity index (χ1v) is 12.9. The molecule has 5 rings (SSSR count). The Bertz CT molecular complexity index is 831. The highest BCUT2D eigenvalue weighted by atomic mass is 16.2. The number of fused-ring (bicyclic) bond motifs is 2. The van der Waals surface area contributed by atoms with Gasteiger partial charge in [0.25, 0.3) is 0 Å². The molecule has 174 valence electrons. The van der Waals surface area contributed by atoms with Crippen LogP contribution in [-0.4, -0.2) is 72.8 Å². The molecule has 5 heteroatoms. The number of piperazine rings is 1. The fourth-order valence-electron chi connectivity index (χ4n) is 6.85. The molecule has 0 bridgehead atoms. The second kappa shape index (κ2) is 9.17. The van der Waals surface area contributed by atoms with E-state index in [0.717, 1.165) is 65.0 Å². The van der Waals surface area contributed by atoms with Crippen LogP contribution in [0.5, 0.6) is 0 Å². The van der Waals surface area contributed by atoms with E-state index in [9.17, 15) is 9.59 Å². The molecule has 32 heavy (non-hydrogen) atoms. The Morgan fingerprint density at radius 3 is 2.22 bits per heavy atom. The highest BCUT2D eigenvalue weighted by Gasteiger charge is 2.46. The number of likely N-dealkylation sites (N-methyl/N-ethyl adjacent to an activating group) is 1. The Balaban J connectivity index is 1.23. The molecule has 1 aromatic rings. The minimum absolute atomic E-state index is 0.147. The maximum Gasteiger partial charge on any atom is 0.223 e. The largest absolute Gasteiger partial charge is 0.343 e. The molecule has 0 unspecified atom stereocenters. The van der Waals surface area contributed by atoms with Crippen molar-refractivity contribution >= 4 is 11.8 Å². The number of nitrogens with zero attached hydrogens (tertiary/aromatic N) is 3. The molecule has 1 atom stereocenters. The highest BCUT2D eigenvalue weighted by Crippen LogP contribution is 2.52. The minimum Gasteiger partial charge on any atom is -0.343 e. The monoisotopic (exact) mass is 437 g/mol. The van der Waals surface area contributed by atoms with Crippen LogP contribution in [0.2, 0.25) is 0 Å². The Kier molecular flexibility index (Phi) is 6.28. The molecule has 2 amide bonds. The van der Waals surface area contributed by atoms with Crippen LogP contribution in [0, 0.1) is 5.92 Å². The van der Waals surface area contributed by atoms with Gasteiger partial charge in [-0.05, 0) is 67.5 Å². The number of hydrogen-bond donors (Lipinski definition) is 0. The lowest BCUT2D eigenvalue weighted by atomic mass is 9.73. The lowest BCUT2D eigenvalue weighted by molar-refractivity contribution is -0.133. The third-order valence-electron chi connectivity index (χ3n) is 8.90. The van der Waals surface area contributed by atoms with Crippen LogP contribution in [-0.2, 0) is 15.0 Å². The van der Waals surface area contributed by atoms with E-state index in [2.05, 4.69) is 46.0 Å². The van der Waals surface area contributed by atoms with E-state index in [1.165, 1.54) is 36.8 Å². The predicted octanol–water partition coefficient (Wildman–Crippen LogP) is 3.78. The first kappa shape index (κ1) is 21.9. The second-order valence-electron chi connectivity index (χ2n) is 10.9. The molecule has 1 saturated carbocycles. The Morgan fingerprint density at radius 2 is 1.50 bits per heavy atom. The van der Waals surface area contributed by atoms with Crippen LogP contribution in [0.1, 0.15) is 74.8 Å². The summed E-state index contributed by atoms with van der Waals surface area (Å²) in [4.78, 5) is 32.5. The summed E-state index contributed by atoms with van der Waals surface area (Å²) >= 11 is 0. The van der Waals surface area contributed by atoms with Gasteiger partial charge >= 0.3 is 0 Å². The van der Waals surface area contributed by atoms with Crippen molar-refractivity contribution in [3.63, 3.8) is 0 Å². The summed E-state index contributed by atoms with van der Waals surface area (Å²) in [5, 5.41) is 0. The number of benzene rings is 1. The van der Waals surface area contributed by atoms with E-state index in [4.69, 9.17) is 0 Å². The Labute approximate surface area is 193 Å². The Morgan fingerprint density at radius 1 is 0.875 bits per heavy atom. The summed E-state index contributed by atoms with van der Waals surface area (Å²) < 4.78 is 0. The summed E-state index contributed by atoms with van der Waals surface area (Å²) in [7, 11) is 2.13. The fourth-order valence-corrected chi connectivity index (χ4v) is 6.85. The molecule has 2 saturated heterocycles. The van der Waals surface area contributed by atoms with Crippen molar-refractivity contribution in [2.45, 2.75) is 69.1 Å². The normalized spacial score (nSPS) is 26.0. The minimum atomic E-state index is 0.147. The van der Waals surface area contributed by atoms with Crippen LogP contribution in [0.25, 0.3) is 0 Å².